The maximum atomic E-state index is 11.4. The Morgan fingerprint density at radius 3 is 2.78 bits per heavy atom. The van der Waals surface area contributed by atoms with Gasteiger partial charge in [-0.2, -0.15) is 0 Å². The summed E-state index contributed by atoms with van der Waals surface area (Å²) in [5, 5.41) is 0. The lowest BCUT2D eigenvalue weighted by Crippen LogP contribution is -2.13. The van der Waals surface area contributed by atoms with Gasteiger partial charge in [0.2, 0.25) is 0 Å². The van der Waals surface area contributed by atoms with Crippen molar-refractivity contribution in [2.45, 2.75) is 18.2 Å². The van der Waals surface area contributed by atoms with E-state index in [4.69, 9.17) is 10.2 Å². The summed E-state index contributed by atoms with van der Waals surface area (Å²) in [5.41, 5.74) is 6.71. The van der Waals surface area contributed by atoms with Gasteiger partial charge in [-0.05, 0) is 30.7 Å². The molecule has 1 atom stereocenters. The molecule has 6 heteroatoms. The highest BCUT2D eigenvalue weighted by atomic mass is 32.2. The zero-order valence-corrected chi connectivity index (χ0v) is 11.2. The highest BCUT2D eigenvalue weighted by molar-refractivity contribution is 7.90. The Balaban J connectivity index is 2.40. The number of fused-ring (bicyclic) bond motifs is 1. The fraction of sp³-hybridized carbons (Fsp3) is 0.417. The minimum Gasteiger partial charge on any atom is -0.441 e. The van der Waals surface area contributed by atoms with E-state index in [2.05, 4.69) is 4.98 Å². The lowest BCUT2D eigenvalue weighted by molar-refractivity contribution is 0.468. The van der Waals surface area contributed by atoms with Gasteiger partial charge in [0.1, 0.15) is 5.52 Å². The van der Waals surface area contributed by atoms with Crippen LogP contribution >= 0.6 is 0 Å². The molecule has 2 aromatic rings. The van der Waals surface area contributed by atoms with Crippen molar-refractivity contribution in [2.75, 3.05) is 12.8 Å². The number of rotatable bonds is 4. The second kappa shape index (κ2) is 4.70. The molecular weight excluding hydrogens is 252 g/mol. The number of nitrogens with zero attached hydrogens (tertiary/aromatic N) is 1. The SMILES string of the molecule is CC(CN)Cc1nc2cc(S(C)(=O)=O)ccc2o1. The van der Waals surface area contributed by atoms with Crippen molar-refractivity contribution < 1.29 is 12.8 Å². The van der Waals surface area contributed by atoms with E-state index in [1.165, 1.54) is 18.4 Å². The van der Waals surface area contributed by atoms with Crippen LogP contribution in [0.25, 0.3) is 11.1 Å². The van der Waals surface area contributed by atoms with Crippen molar-refractivity contribution in [1.29, 1.82) is 0 Å². The number of nitrogens with two attached hydrogens (primary N) is 1. The van der Waals surface area contributed by atoms with Crippen molar-refractivity contribution in [3.8, 4) is 0 Å². The predicted octanol–water partition coefficient (Wildman–Crippen LogP) is 1.37. The van der Waals surface area contributed by atoms with Gasteiger partial charge in [0.25, 0.3) is 0 Å². The van der Waals surface area contributed by atoms with Gasteiger partial charge in [-0.1, -0.05) is 6.92 Å². The molecule has 1 unspecified atom stereocenters. The Morgan fingerprint density at radius 1 is 1.44 bits per heavy atom. The van der Waals surface area contributed by atoms with E-state index in [9.17, 15) is 8.42 Å². The molecule has 0 spiro atoms. The molecule has 0 aliphatic carbocycles. The van der Waals surface area contributed by atoms with Gasteiger partial charge in [0.05, 0.1) is 4.90 Å². The topological polar surface area (TPSA) is 86.2 Å². The molecule has 5 nitrogen and oxygen atoms in total. The summed E-state index contributed by atoms with van der Waals surface area (Å²) in [7, 11) is -3.21. The van der Waals surface area contributed by atoms with Crippen LogP contribution in [0, 0.1) is 5.92 Å². The maximum Gasteiger partial charge on any atom is 0.195 e. The molecule has 0 saturated heterocycles. The van der Waals surface area contributed by atoms with Crippen molar-refractivity contribution in [2.24, 2.45) is 11.7 Å². The van der Waals surface area contributed by atoms with Crippen LogP contribution in [0.2, 0.25) is 0 Å². The third kappa shape index (κ3) is 2.70. The second-order valence-corrected chi connectivity index (χ2v) is 6.57. The number of benzene rings is 1. The summed E-state index contributed by atoms with van der Waals surface area (Å²) in [4.78, 5) is 4.54. The van der Waals surface area contributed by atoms with Gasteiger partial charge < -0.3 is 10.2 Å². The van der Waals surface area contributed by atoms with Crippen molar-refractivity contribution >= 4 is 20.9 Å². The van der Waals surface area contributed by atoms with Gasteiger partial charge in [0, 0.05) is 12.7 Å². The van der Waals surface area contributed by atoms with E-state index in [0.29, 0.717) is 30.0 Å². The van der Waals surface area contributed by atoms with Crippen LogP contribution < -0.4 is 5.73 Å². The van der Waals surface area contributed by atoms with E-state index in [0.717, 1.165) is 0 Å². The second-order valence-electron chi connectivity index (χ2n) is 4.55. The minimum absolute atomic E-state index is 0.252. The molecule has 1 heterocycles. The summed E-state index contributed by atoms with van der Waals surface area (Å²) in [6.45, 7) is 2.57. The molecule has 1 aromatic carbocycles. The smallest absolute Gasteiger partial charge is 0.195 e. The van der Waals surface area contributed by atoms with Crippen LogP contribution in [0.15, 0.2) is 27.5 Å². The standard InChI is InChI=1S/C12H16N2O3S/c1-8(7-13)5-12-14-10-6-9(18(2,15)16)3-4-11(10)17-12/h3-4,6,8H,5,7,13H2,1-2H3. The van der Waals surface area contributed by atoms with Crippen molar-refractivity contribution in [3.63, 3.8) is 0 Å². The summed E-state index contributed by atoms with van der Waals surface area (Å²) >= 11 is 0. The highest BCUT2D eigenvalue weighted by Crippen LogP contribution is 2.21. The molecule has 2 N–H and O–H groups in total. The normalized spacial score (nSPS) is 13.9. The molecule has 0 aliphatic heterocycles. The summed E-state index contributed by atoms with van der Waals surface area (Å²) in [5.74, 6) is 0.876. The minimum atomic E-state index is -3.21. The number of aromatic nitrogens is 1. The molecule has 0 fully saturated rings. The summed E-state index contributed by atoms with van der Waals surface area (Å²) in [6, 6.07) is 4.69. The van der Waals surface area contributed by atoms with Crippen LogP contribution in [-0.2, 0) is 16.3 Å². The van der Waals surface area contributed by atoms with E-state index in [1.807, 2.05) is 6.92 Å². The van der Waals surface area contributed by atoms with E-state index in [1.54, 1.807) is 6.07 Å². The third-order valence-electron chi connectivity index (χ3n) is 2.76. The summed E-state index contributed by atoms with van der Waals surface area (Å²) < 4.78 is 28.4. The maximum absolute atomic E-state index is 11.4. The van der Waals surface area contributed by atoms with Crippen molar-refractivity contribution in [1.82, 2.24) is 4.98 Å². The van der Waals surface area contributed by atoms with Crippen LogP contribution in [-0.4, -0.2) is 26.2 Å². The zero-order chi connectivity index (χ0) is 13.3. The molecule has 0 aliphatic rings. The van der Waals surface area contributed by atoms with E-state index < -0.39 is 9.84 Å². The van der Waals surface area contributed by atoms with Gasteiger partial charge in [-0.25, -0.2) is 13.4 Å². The number of sulfone groups is 1. The molecule has 98 valence electrons. The van der Waals surface area contributed by atoms with E-state index in [-0.39, 0.29) is 10.8 Å². The lowest BCUT2D eigenvalue weighted by atomic mass is 10.1. The lowest BCUT2D eigenvalue weighted by Gasteiger charge is -2.02. The first-order valence-electron chi connectivity index (χ1n) is 5.69. The first-order chi connectivity index (χ1) is 8.40. The Morgan fingerprint density at radius 2 is 2.17 bits per heavy atom. The Kier molecular flexibility index (Phi) is 3.41. The van der Waals surface area contributed by atoms with Gasteiger partial charge in [0.15, 0.2) is 21.3 Å². The summed E-state index contributed by atoms with van der Waals surface area (Å²) in [6.07, 6.45) is 1.82. The first-order valence-corrected chi connectivity index (χ1v) is 7.59. The molecule has 2 rings (SSSR count). The molecular formula is C12H16N2O3S. The Hall–Kier alpha value is -1.40. The number of oxazole rings is 1. The molecule has 0 radical (unpaired) electrons. The molecule has 0 saturated carbocycles. The van der Waals surface area contributed by atoms with Crippen LogP contribution in [0.5, 0.6) is 0 Å². The molecule has 0 bridgehead atoms. The molecule has 0 amide bonds. The third-order valence-corrected chi connectivity index (χ3v) is 3.87. The Bertz CT molecular complexity index is 661. The van der Waals surface area contributed by atoms with Crippen molar-refractivity contribution in [3.05, 3.63) is 24.1 Å². The predicted molar refractivity (Wildman–Crippen MR) is 69.0 cm³/mol. The number of hydrogen-bond donors (Lipinski definition) is 1. The van der Waals surface area contributed by atoms with Crippen LogP contribution in [0.4, 0.5) is 0 Å². The number of hydrogen-bond acceptors (Lipinski definition) is 5. The van der Waals surface area contributed by atoms with Crippen LogP contribution in [0.3, 0.4) is 0 Å². The first kappa shape index (κ1) is 13.0. The fourth-order valence-electron chi connectivity index (χ4n) is 1.65. The van der Waals surface area contributed by atoms with E-state index >= 15 is 0 Å². The van der Waals surface area contributed by atoms with Gasteiger partial charge in [-0.3, -0.25) is 0 Å². The largest absolute Gasteiger partial charge is 0.441 e. The van der Waals surface area contributed by atoms with Gasteiger partial charge >= 0.3 is 0 Å². The fourth-order valence-corrected chi connectivity index (χ4v) is 2.30. The molecule has 1 aromatic heterocycles. The van der Waals surface area contributed by atoms with Crippen LogP contribution in [0.1, 0.15) is 12.8 Å². The zero-order valence-electron chi connectivity index (χ0n) is 10.4. The Labute approximate surface area is 106 Å². The average Bonchev–Trinajstić information content (AvgIpc) is 2.68. The monoisotopic (exact) mass is 268 g/mol. The average molecular weight is 268 g/mol. The molecule has 18 heavy (non-hydrogen) atoms. The van der Waals surface area contributed by atoms with Gasteiger partial charge in [-0.15, -0.1) is 0 Å². The quantitative estimate of drug-likeness (QED) is 0.905. The highest BCUT2D eigenvalue weighted by Gasteiger charge is 2.13.